The second-order valence-corrected chi connectivity index (χ2v) is 4.80. The maximum absolute atomic E-state index is 9.87. The molecule has 0 saturated carbocycles. The fourth-order valence-corrected chi connectivity index (χ4v) is 2.44. The molecule has 15 heavy (non-hydrogen) atoms. The Bertz CT molecular complexity index is 175. The third-order valence-electron chi connectivity index (χ3n) is 3.44. The minimum atomic E-state index is -0.131. The van der Waals surface area contributed by atoms with E-state index in [1.165, 1.54) is 0 Å². The first-order valence-corrected chi connectivity index (χ1v) is 6.32. The van der Waals surface area contributed by atoms with E-state index in [1.54, 1.807) is 0 Å². The lowest BCUT2D eigenvalue weighted by atomic mass is 9.89. The van der Waals surface area contributed by atoms with E-state index in [1.807, 2.05) is 0 Å². The molecule has 3 N–H and O–H groups in total. The molecule has 0 aliphatic carbocycles. The molecule has 1 rings (SSSR count). The van der Waals surface area contributed by atoms with Gasteiger partial charge in [-0.05, 0) is 25.7 Å². The van der Waals surface area contributed by atoms with Crippen LogP contribution in [0.3, 0.4) is 0 Å². The van der Waals surface area contributed by atoms with Crippen molar-refractivity contribution in [3.8, 4) is 0 Å². The van der Waals surface area contributed by atoms with E-state index in [0.29, 0.717) is 18.0 Å². The largest absolute Gasteiger partial charge is 0.393 e. The Kier molecular flexibility index (Phi) is 5.58. The van der Waals surface area contributed by atoms with Gasteiger partial charge < -0.3 is 15.7 Å². The number of rotatable bonds is 5. The molecule has 1 aliphatic rings. The van der Waals surface area contributed by atoms with Crippen molar-refractivity contribution >= 4 is 0 Å². The van der Waals surface area contributed by atoms with E-state index in [2.05, 4.69) is 31.4 Å². The monoisotopic (exact) mass is 214 g/mol. The average Bonchev–Trinajstić information content (AvgIpc) is 2.25. The van der Waals surface area contributed by atoms with Gasteiger partial charge in [-0.15, -0.1) is 0 Å². The lowest BCUT2D eigenvalue weighted by molar-refractivity contribution is 0.0867. The Balaban J connectivity index is 2.36. The van der Waals surface area contributed by atoms with Gasteiger partial charge in [0.25, 0.3) is 0 Å². The molecule has 0 amide bonds. The summed E-state index contributed by atoms with van der Waals surface area (Å²) in [5.41, 5.74) is 0. The predicted molar refractivity (Wildman–Crippen MR) is 64.0 cm³/mol. The Labute approximate surface area is 93.6 Å². The standard InChI is InChI=1S/C12H26N2O/c1-4-10(12(15)5-2)6-11-8-13-7-9(3)14-11/h9-15H,4-8H2,1-3H3. The highest BCUT2D eigenvalue weighted by Gasteiger charge is 2.23. The SMILES string of the molecule is CCC(O)C(CC)CC1CNCC(C)N1. The molecular weight excluding hydrogens is 188 g/mol. The molecule has 4 atom stereocenters. The Morgan fingerprint density at radius 3 is 2.53 bits per heavy atom. The van der Waals surface area contributed by atoms with Crippen LogP contribution in [-0.2, 0) is 0 Å². The molecule has 1 aliphatic heterocycles. The maximum Gasteiger partial charge on any atom is 0.0566 e. The molecule has 0 aromatic carbocycles. The van der Waals surface area contributed by atoms with Crippen molar-refractivity contribution in [3.63, 3.8) is 0 Å². The molecule has 3 nitrogen and oxygen atoms in total. The van der Waals surface area contributed by atoms with E-state index in [4.69, 9.17) is 0 Å². The summed E-state index contributed by atoms with van der Waals surface area (Å²) in [4.78, 5) is 0. The van der Waals surface area contributed by atoms with E-state index in [-0.39, 0.29) is 6.10 Å². The maximum atomic E-state index is 9.87. The summed E-state index contributed by atoms with van der Waals surface area (Å²) in [5.74, 6) is 0.444. The van der Waals surface area contributed by atoms with Gasteiger partial charge in [0.05, 0.1) is 6.10 Å². The predicted octanol–water partition coefficient (Wildman–Crippen LogP) is 1.12. The van der Waals surface area contributed by atoms with Crippen LogP contribution < -0.4 is 10.6 Å². The first kappa shape index (κ1) is 12.9. The number of piperazine rings is 1. The zero-order chi connectivity index (χ0) is 11.3. The summed E-state index contributed by atoms with van der Waals surface area (Å²) < 4.78 is 0. The zero-order valence-corrected chi connectivity index (χ0v) is 10.3. The number of hydrogen-bond acceptors (Lipinski definition) is 3. The normalized spacial score (nSPS) is 31.2. The minimum Gasteiger partial charge on any atom is -0.393 e. The highest BCUT2D eigenvalue weighted by Crippen LogP contribution is 2.18. The lowest BCUT2D eigenvalue weighted by Crippen LogP contribution is -2.54. The highest BCUT2D eigenvalue weighted by atomic mass is 16.3. The van der Waals surface area contributed by atoms with Crippen LogP contribution in [0.5, 0.6) is 0 Å². The van der Waals surface area contributed by atoms with Crippen LogP contribution in [0.15, 0.2) is 0 Å². The van der Waals surface area contributed by atoms with Gasteiger partial charge in [0.15, 0.2) is 0 Å². The van der Waals surface area contributed by atoms with Crippen molar-refractivity contribution in [1.29, 1.82) is 0 Å². The summed E-state index contributed by atoms with van der Waals surface area (Å²) in [7, 11) is 0. The van der Waals surface area contributed by atoms with Crippen molar-refractivity contribution < 1.29 is 5.11 Å². The highest BCUT2D eigenvalue weighted by molar-refractivity contribution is 4.84. The van der Waals surface area contributed by atoms with Crippen LogP contribution in [0.25, 0.3) is 0 Å². The summed E-state index contributed by atoms with van der Waals surface area (Å²) in [5, 5.41) is 16.9. The van der Waals surface area contributed by atoms with Gasteiger partial charge in [-0.2, -0.15) is 0 Å². The fourth-order valence-electron chi connectivity index (χ4n) is 2.44. The number of hydrogen-bond donors (Lipinski definition) is 3. The van der Waals surface area contributed by atoms with Crippen LogP contribution in [0.4, 0.5) is 0 Å². The molecular formula is C12H26N2O. The first-order valence-electron chi connectivity index (χ1n) is 6.32. The number of aliphatic hydroxyl groups is 1. The average molecular weight is 214 g/mol. The van der Waals surface area contributed by atoms with Gasteiger partial charge in [-0.25, -0.2) is 0 Å². The quantitative estimate of drug-likeness (QED) is 0.643. The van der Waals surface area contributed by atoms with Crippen LogP contribution in [0, 0.1) is 5.92 Å². The minimum absolute atomic E-state index is 0.131. The Morgan fingerprint density at radius 2 is 2.00 bits per heavy atom. The molecule has 1 heterocycles. The third-order valence-corrected chi connectivity index (χ3v) is 3.44. The molecule has 4 unspecified atom stereocenters. The third kappa shape index (κ3) is 4.09. The van der Waals surface area contributed by atoms with Gasteiger partial charge in [0, 0.05) is 25.2 Å². The second-order valence-electron chi connectivity index (χ2n) is 4.80. The first-order chi connectivity index (χ1) is 7.17. The van der Waals surface area contributed by atoms with Gasteiger partial charge in [-0.1, -0.05) is 20.3 Å². The smallest absolute Gasteiger partial charge is 0.0566 e. The molecule has 0 aromatic rings. The van der Waals surface area contributed by atoms with Crippen LogP contribution in [-0.4, -0.2) is 36.4 Å². The van der Waals surface area contributed by atoms with Crippen molar-refractivity contribution in [2.45, 2.75) is 58.2 Å². The number of nitrogens with one attached hydrogen (secondary N) is 2. The van der Waals surface area contributed by atoms with E-state index in [9.17, 15) is 5.11 Å². The van der Waals surface area contributed by atoms with Crippen molar-refractivity contribution in [1.82, 2.24) is 10.6 Å². The Hall–Kier alpha value is -0.120. The van der Waals surface area contributed by atoms with E-state index in [0.717, 1.165) is 32.4 Å². The van der Waals surface area contributed by atoms with Gasteiger partial charge in [0.1, 0.15) is 0 Å². The molecule has 3 heteroatoms. The summed E-state index contributed by atoms with van der Waals surface area (Å²) in [6.45, 7) is 8.53. The van der Waals surface area contributed by atoms with E-state index < -0.39 is 0 Å². The molecule has 0 aromatic heterocycles. The van der Waals surface area contributed by atoms with Gasteiger partial charge >= 0.3 is 0 Å². The van der Waals surface area contributed by atoms with Crippen LogP contribution in [0.1, 0.15) is 40.0 Å². The topological polar surface area (TPSA) is 44.3 Å². The van der Waals surface area contributed by atoms with Crippen molar-refractivity contribution in [3.05, 3.63) is 0 Å². The van der Waals surface area contributed by atoms with Crippen molar-refractivity contribution in [2.75, 3.05) is 13.1 Å². The van der Waals surface area contributed by atoms with Crippen molar-refractivity contribution in [2.24, 2.45) is 5.92 Å². The number of aliphatic hydroxyl groups excluding tert-OH is 1. The lowest BCUT2D eigenvalue weighted by Gasteiger charge is -2.33. The fraction of sp³-hybridized carbons (Fsp3) is 1.00. The molecule has 90 valence electrons. The zero-order valence-electron chi connectivity index (χ0n) is 10.3. The van der Waals surface area contributed by atoms with Gasteiger partial charge in [-0.3, -0.25) is 0 Å². The molecule has 1 fully saturated rings. The van der Waals surface area contributed by atoms with Crippen LogP contribution >= 0.6 is 0 Å². The molecule has 0 bridgehead atoms. The second kappa shape index (κ2) is 6.46. The van der Waals surface area contributed by atoms with Crippen LogP contribution in [0.2, 0.25) is 0 Å². The molecule has 0 radical (unpaired) electrons. The van der Waals surface area contributed by atoms with Gasteiger partial charge in [0.2, 0.25) is 0 Å². The molecule has 0 spiro atoms. The molecule has 1 saturated heterocycles. The summed E-state index contributed by atoms with van der Waals surface area (Å²) in [6.07, 6.45) is 2.90. The summed E-state index contributed by atoms with van der Waals surface area (Å²) in [6, 6.07) is 1.08. The Morgan fingerprint density at radius 1 is 1.27 bits per heavy atom. The summed E-state index contributed by atoms with van der Waals surface area (Å²) >= 11 is 0. The van der Waals surface area contributed by atoms with E-state index >= 15 is 0 Å².